The molecule has 0 fully saturated rings. The summed E-state index contributed by atoms with van der Waals surface area (Å²) < 4.78 is 40.4. The molecule has 4 nitrogen and oxygen atoms in total. The van der Waals surface area contributed by atoms with Gasteiger partial charge in [0.25, 0.3) is 0 Å². The number of rotatable bonds is 4. The van der Waals surface area contributed by atoms with Gasteiger partial charge in [0, 0.05) is 23.1 Å². The van der Waals surface area contributed by atoms with Crippen molar-refractivity contribution in [2.75, 3.05) is 0 Å². The van der Waals surface area contributed by atoms with Crippen LogP contribution in [0.25, 0.3) is 0 Å². The smallest absolute Gasteiger partial charge is 0.406 e. The van der Waals surface area contributed by atoms with Crippen molar-refractivity contribution in [3.63, 3.8) is 0 Å². The molecule has 8 heteroatoms. The number of hydrogen-bond acceptors (Lipinski definition) is 3. The highest BCUT2D eigenvalue weighted by Gasteiger charge is 2.31. The molecule has 0 atom stereocenters. The average molecular weight is 357 g/mol. The zero-order valence-electron chi connectivity index (χ0n) is 12.4. The van der Waals surface area contributed by atoms with Crippen molar-refractivity contribution in [2.24, 2.45) is 5.10 Å². The van der Waals surface area contributed by atoms with Crippen LogP contribution in [0.3, 0.4) is 0 Å². The van der Waals surface area contributed by atoms with Crippen molar-refractivity contribution < 1.29 is 22.7 Å². The molecule has 126 valence electrons. The van der Waals surface area contributed by atoms with Crippen molar-refractivity contribution >= 4 is 23.2 Å². The summed E-state index contributed by atoms with van der Waals surface area (Å²) in [5.41, 5.74) is 3.83. The Morgan fingerprint density at radius 1 is 1.04 bits per heavy atom. The van der Waals surface area contributed by atoms with Gasteiger partial charge in [0.15, 0.2) is 0 Å². The van der Waals surface area contributed by atoms with E-state index in [1.54, 1.807) is 24.3 Å². The molecule has 0 spiro atoms. The van der Waals surface area contributed by atoms with Gasteiger partial charge in [-0.3, -0.25) is 4.79 Å². The lowest BCUT2D eigenvalue weighted by atomic mass is 10.0. The van der Waals surface area contributed by atoms with E-state index in [4.69, 9.17) is 11.6 Å². The first-order valence-electron chi connectivity index (χ1n) is 6.71. The van der Waals surface area contributed by atoms with Gasteiger partial charge in [0.05, 0.1) is 5.71 Å². The number of ether oxygens (including phenoxy) is 1. The summed E-state index contributed by atoms with van der Waals surface area (Å²) in [7, 11) is 0. The van der Waals surface area contributed by atoms with Crippen LogP contribution in [0.2, 0.25) is 5.02 Å². The van der Waals surface area contributed by atoms with E-state index in [9.17, 15) is 18.0 Å². The maximum Gasteiger partial charge on any atom is 0.573 e. The Kier molecular flexibility index (Phi) is 5.46. The van der Waals surface area contributed by atoms with E-state index in [2.05, 4.69) is 15.3 Å². The zero-order valence-corrected chi connectivity index (χ0v) is 13.2. The van der Waals surface area contributed by atoms with E-state index in [1.165, 1.54) is 31.2 Å². The molecule has 1 N–H and O–H groups in total. The number of nitrogens with zero attached hydrogens (tertiary/aromatic N) is 1. The number of alkyl halides is 3. The Morgan fingerprint density at radius 3 is 2.00 bits per heavy atom. The first kappa shape index (κ1) is 17.8. The van der Waals surface area contributed by atoms with Gasteiger partial charge < -0.3 is 4.74 Å². The fourth-order valence-electron chi connectivity index (χ4n) is 1.85. The maximum absolute atomic E-state index is 12.2. The SMILES string of the molecule is CC(=O)NN=C(c1ccc(Cl)cc1)c1ccc(OC(F)(F)F)cc1. The number of halogens is 4. The highest BCUT2D eigenvalue weighted by molar-refractivity contribution is 6.30. The van der Waals surface area contributed by atoms with Crippen LogP contribution in [-0.2, 0) is 4.79 Å². The molecule has 0 heterocycles. The first-order chi connectivity index (χ1) is 11.2. The molecule has 0 aliphatic heterocycles. The van der Waals surface area contributed by atoms with E-state index in [1.807, 2.05) is 0 Å². The summed E-state index contributed by atoms with van der Waals surface area (Å²) in [5, 5.41) is 4.53. The minimum Gasteiger partial charge on any atom is -0.406 e. The van der Waals surface area contributed by atoms with Gasteiger partial charge in [0.2, 0.25) is 5.91 Å². The molecule has 0 unspecified atom stereocenters. The summed E-state index contributed by atoms with van der Waals surface area (Å²) >= 11 is 5.84. The second-order valence-corrected chi connectivity index (χ2v) is 5.14. The lowest BCUT2D eigenvalue weighted by Gasteiger charge is -2.11. The largest absolute Gasteiger partial charge is 0.573 e. The third-order valence-electron chi connectivity index (χ3n) is 2.80. The molecule has 2 aromatic carbocycles. The second-order valence-electron chi connectivity index (χ2n) is 4.71. The van der Waals surface area contributed by atoms with Crippen molar-refractivity contribution in [1.29, 1.82) is 0 Å². The Labute approximate surface area is 140 Å². The minimum absolute atomic E-state index is 0.346. The van der Waals surface area contributed by atoms with Crippen molar-refractivity contribution in [3.05, 3.63) is 64.7 Å². The van der Waals surface area contributed by atoms with Crippen molar-refractivity contribution in [3.8, 4) is 5.75 Å². The summed E-state index contributed by atoms with van der Waals surface area (Å²) in [6.45, 7) is 1.29. The predicted molar refractivity (Wildman–Crippen MR) is 84.0 cm³/mol. The molecule has 0 radical (unpaired) electrons. The third kappa shape index (κ3) is 5.27. The van der Waals surface area contributed by atoms with E-state index in [0.29, 0.717) is 21.9 Å². The number of amides is 1. The third-order valence-corrected chi connectivity index (χ3v) is 3.06. The summed E-state index contributed by atoms with van der Waals surface area (Å²) in [6, 6.07) is 11.8. The van der Waals surface area contributed by atoms with E-state index >= 15 is 0 Å². The van der Waals surface area contributed by atoms with Gasteiger partial charge in [-0.2, -0.15) is 5.10 Å². The molecular weight excluding hydrogens is 345 g/mol. The molecule has 0 aromatic heterocycles. The van der Waals surface area contributed by atoms with Gasteiger partial charge in [-0.25, -0.2) is 5.43 Å². The normalized spacial score (nSPS) is 12.0. The maximum atomic E-state index is 12.2. The molecule has 1 amide bonds. The lowest BCUT2D eigenvalue weighted by molar-refractivity contribution is -0.274. The molecule has 0 bridgehead atoms. The molecule has 0 aliphatic rings. The number of benzene rings is 2. The standard InChI is InChI=1S/C16H12ClF3N2O2/c1-10(23)21-22-15(11-2-6-13(17)7-3-11)12-4-8-14(9-5-12)24-16(18,19)20/h2-9H,1H3,(H,21,23). The van der Waals surface area contributed by atoms with Crippen molar-refractivity contribution in [2.45, 2.75) is 13.3 Å². The quantitative estimate of drug-likeness (QED) is 0.661. The molecule has 24 heavy (non-hydrogen) atoms. The number of hydrazone groups is 1. The van der Waals surface area contributed by atoms with E-state index < -0.39 is 6.36 Å². The monoisotopic (exact) mass is 356 g/mol. The Balaban J connectivity index is 2.35. The summed E-state index contributed by atoms with van der Waals surface area (Å²) in [4.78, 5) is 11.1. The summed E-state index contributed by atoms with van der Waals surface area (Å²) in [6.07, 6.45) is -4.76. The number of carbonyl (C=O) groups excluding carboxylic acids is 1. The molecular formula is C16H12ClF3N2O2. The average Bonchev–Trinajstić information content (AvgIpc) is 2.49. The van der Waals surface area contributed by atoms with Gasteiger partial charge in [-0.1, -0.05) is 23.7 Å². The molecule has 0 saturated heterocycles. The van der Waals surface area contributed by atoms with Crippen LogP contribution in [0.15, 0.2) is 53.6 Å². The number of carbonyl (C=O) groups is 1. The van der Waals surface area contributed by atoms with Crippen LogP contribution in [0, 0.1) is 0 Å². The van der Waals surface area contributed by atoms with E-state index in [-0.39, 0.29) is 11.7 Å². The number of nitrogens with one attached hydrogen (secondary N) is 1. The lowest BCUT2D eigenvalue weighted by Crippen LogP contribution is -2.18. The summed E-state index contributed by atoms with van der Waals surface area (Å²) in [5.74, 6) is -0.722. The van der Waals surface area contributed by atoms with Gasteiger partial charge in [-0.15, -0.1) is 13.2 Å². The van der Waals surface area contributed by atoms with Gasteiger partial charge >= 0.3 is 6.36 Å². The molecule has 2 rings (SSSR count). The Bertz CT molecular complexity index is 741. The number of hydrogen-bond donors (Lipinski definition) is 1. The molecule has 0 saturated carbocycles. The fourth-order valence-corrected chi connectivity index (χ4v) is 1.98. The van der Waals surface area contributed by atoms with E-state index in [0.717, 1.165) is 0 Å². The highest BCUT2D eigenvalue weighted by Crippen LogP contribution is 2.24. The topological polar surface area (TPSA) is 50.7 Å². The van der Waals surface area contributed by atoms with Gasteiger partial charge in [0.1, 0.15) is 5.75 Å². The van der Waals surface area contributed by atoms with Crippen LogP contribution >= 0.6 is 11.6 Å². The Morgan fingerprint density at radius 2 is 1.54 bits per heavy atom. The van der Waals surface area contributed by atoms with Crippen LogP contribution in [0.4, 0.5) is 13.2 Å². The Hall–Kier alpha value is -2.54. The fraction of sp³-hybridized carbons (Fsp3) is 0.125. The van der Waals surface area contributed by atoms with Crippen LogP contribution in [0.1, 0.15) is 18.1 Å². The molecule has 2 aromatic rings. The van der Waals surface area contributed by atoms with Crippen molar-refractivity contribution in [1.82, 2.24) is 5.43 Å². The van der Waals surface area contributed by atoms with Crippen LogP contribution in [0.5, 0.6) is 5.75 Å². The first-order valence-corrected chi connectivity index (χ1v) is 7.09. The minimum atomic E-state index is -4.76. The predicted octanol–water partition coefficient (Wildman–Crippen LogP) is 4.13. The van der Waals surface area contributed by atoms with Crippen LogP contribution in [-0.4, -0.2) is 18.0 Å². The van der Waals surface area contributed by atoms with Gasteiger partial charge in [-0.05, 0) is 36.4 Å². The van der Waals surface area contributed by atoms with Crippen LogP contribution < -0.4 is 10.2 Å². The second kappa shape index (κ2) is 7.35. The zero-order chi connectivity index (χ0) is 17.7. The molecule has 0 aliphatic carbocycles. The highest BCUT2D eigenvalue weighted by atomic mass is 35.5.